The second-order valence-corrected chi connectivity index (χ2v) is 4.37. The van der Waals surface area contributed by atoms with Crippen molar-refractivity contribution in [2.24, 2.45) is 5.92 Å². The SMILES string of the molecule is COC12CCC(CC1)[C@](O)(C#N)C2. The van der Waals surface area contributed by atoms with Crippen molar-refractivity contribution in [3.05, 3.63) is 0 Å². The summed E-state index contributed by atoms with van der Waals surface area (Å²) in [5, 5.41) is 19.0. The van der Waals surface area contributed by atoms with Crippen LogP contribution in [0.2, 0.25) is 0 Å². The van der Waals surface area contributed by atoms with Crippen LogP contribution in [0.3, 0.4) is 0 Å². The highest BCUT2D eigenvalue weighted by molar-refractivity contribution is 5.15. The van der Waals surface area contributed by atoms with Crippen molar-refractivity contribution in [2.75, 3.05) is 7.11 Å². The number of hydrogen-bond donors (Lipinski definition) is 1. The fourth-order valence-corrected chi connectivity index (χ4v) is 2.84. The number of nitriles is 1. The highest BCUT2D eigenvalue weighted by Gasteiger charge is 2.54. The first-order valence-corrected chi connectivity index (χ1v) is 4.83. The average molecular weight is 181 g/mol. The van der Waals surface area contributed by atoms with Gasteiger partial charge in [-0.3, -0.25) is 0 Å². The third-order valence-electron chi connectivity index (χ3n) is 3.79. The maximum atomic E-state index is 10.0. The monoisotopic (exact) mass is 181 g/mol. The zero-order valence-electron chi connectivity index (χ0n) is 7.92. The number of methoxy groups -OCH3 is 1. The van der Waals surface area contributed by atoms with E-state index in [0.717, 1.165) is 25.7 Å². The van der Waals surface area contributed by atoms with Gasteiger partial charge in [0.15, 0.2) is 5.60 Å². The standard InChI is InChI=1S/C10H15NO2/c1-13-9-4-2-8(3-5-9)10(12,6-9)7-11/h8,12H,2-6H2,1H3/t8?,9?,10-/m1/s1. The Kier molecular flexibility index (Phi) is 1.86. The molecule has 2 bridgehead atoms. The van der Waals surface area contributed by atoms with Crippen LogP contribution in [0.5, 0.6) is 0 Å². The zero-order valence-corrected chi connectivity index (χ0v) is 7.92. The third kappa shape index (κ3) is 1.17. The van der Waals surface area contributed by atoms with Gasteiger partial charge >= 0.3 is 0 Å². The smallest absolute Gasteiger partial charge is 0.156 e. The van der Waals surface area contributed by atoms with Gasteiger partial charge in [-0.25, -0.2) is 0 Å². The van der Waals surface area contributed by atoms with Gasteiger partial charge in [-0.15, -0.1) is 0 Å². The molecule has 0 aliphatic heterocycles. The lowest BCUT2D eigenvalue weighted by molar-refractivity contribution is -0.161. The first-order valence-electron chi connectivity index (χ1n) is 4.83. The summed E-state index contributed by atoms with van der Waals surface area (Å²) in [5.74, 6) is 0.175. The predicted octanol–water partition coefficient (Wildman–Crippen LogP) is 1.22. The molecule has 3 aliphatic carbocycles. The minimum atomic E-state index is -1.12. The molecule has 0 radical (unpaired) electrons. The van der Waals surface area contributed by atoms with Crippen LogP contribution in [0.25, 0.3) is 0 Å². The normalized spacial score (nSPS) is 48.8. The van der Waals surface area contributed by atoms with Crippen molar-refractivity contribution in [1.82, 2.24) is 0 Å². The van der Waals surface area contributed by atoms with E-state index >= 15 is 0 Å². The Morgan fingerprint density at radius 2 is 2.08 bits per heavy atom. The topological polar surface area (TPSA) is 53.2 Å². The van der Waals surface area contributed by atoms with Crippen molar-refractivity contribution >= 4 is 0 Å². The molecule has 3 fully saturated rings. The maximum Gasteiger partial charge on any atom is 0.156 e. The molecule has 0 aromatic rings. The van der Waals surface area contributed by atoms with Gasteiger partial charge in [0.25, 0.3) is 0 Å². The molecular formula is C10H15NO2. The molecule has 3 saturated carbocycles. The van der Waals surface area contributed by atoms with Crippen LogP contribution >= 0.6 is 0 Å². The van der Waals surface area contributed by atoms with E-state index in [1.54, 1.807) is 7.11 Å². The second kappa shape index (κ2) is 2.70. The van der Waals surface area contributed by atoms with Crippen LogP contribution in [0.4, 0.5) is 0 Å². The Labute approximate surface area is 78.3 Å². The van der Waals surface area contributed by atoms with Crippen LogP contribution in [0.15, 0.2) is 0 Å². The van der Waals surface area contributed by atoms with Gasteiger partial charge in [0.1, 0.15) is 0 Å². The van der Waals surface area contributed by atoms with Crippen LogP contribution in [0, 0.1) is 17.2 Å². The molecule has 0 aromatic heterocycles. The lowest BCUT2D eigenvalue weighted by atomic mass is 9.60. The molecule has 0 unspecified atom stereocenters. The number of fused-ring (bicyclic) bond motifs is 3. The van der Waals surface area contributed by atoms with Crippen LogP contribution < -0.4 is 0 Å². The van der Waals surface area contributed by atoms with Gasteiger partial charge in [0, 0.05) is 19.4 Å². The van der Waals surface area contributed by atoms with Gasteiger partial charge in [-0.05, 0) is 25.7 Å². The quantitative estimate of drug-likeness (QED) is 0.619. The fourth-order valence-electron chi connectivity index (χ4n) is 2.84. The fraction of sp³-hybridized carbons (Fsp3) is 0.900. The summed E-state index contributed by atoms with van der Waals surface area (Å²) in [6.45, 7) is 0. The minimum absolute atomic E-state index is 0.175. The summed E-state index contributed by atoms with van der Waals surface area (Å²) >= 11 is 0. The van der Waals surface area contributed by atoms with Crippen molar-refractivity contribution in [3.63, 3.8) is 0 Å². The summed E-state index contributed by atoms with van der Waals surface area (Å²) < 4.78 is 5.45. The summed E-state index contributed by atoms with van der Waals surface area (Å²) in [6, 6.07) is 2.05. The van der Waals surface area contributed by atoms with E-state index in [-0.39, 0.29) is 11.5 Å². The lowest BCUT2D eigenvalue weighted by Crippen LogP contribution is -2.55. The van der Waals surface area contributed by atoms with E-state index in [4.69, 9.17) is 10.00 Å². The molecular weight excluding hydrogens is 166 g/mol. The number of aliphatic hydroxyl groups is 1. The number of nitrogens with zero attached hydrogens (tertiary/aromatic N) is 1. The molecule has 0 aromatic carbocycles. The first kappa shape index (κ1) is 8.98. The largest absolute Gasteiger partial charge is 0.378 e. The number of rotatable bonds is 1. The highest BCUT2D eigenvalue weighted by atomic mass is 16.5. The maximum absolute atomic E-state index is 10.0. The van der Waals surface area contributed by atoms with E-state index in [0.29, 0.717) is 6.42 Å². The highest BCUT2D eigenvalue weighted by Crippen LogP contribution is 2.50. The molecule has 3 aliphatic rings. The molecule has 3 rings (SSSR count). The molecule has 1 N–H and O–H groups in total. The van der Waals surface area contributed by atoms with Gasteiger partial charge < -0.3 is 9.84 Å². The van der Waals surface area contributed by atoms with Crippen molar-refractivity contribution in [1.29, 1.82) is 5.26 Å². The van der Waals surface area contributed by atoms with E-state index in [1.165, 1.54) is 0 Å². The van der Waals surface area contributed by atoms with E-state index in [9.17, 15) is 5.11 Å². The van der Waals surface area contributed by atoms with Gasteiger partial charge in [0.2, 0.25) is 0 Å². The van der Waals surface area contributed by atoms with Crippen LogP contribution in [-0.2, 0) is 4.74 Å². The molecule has 0 heterocycles. The predicted molar refractivity (Wildman–Crippen MR) is 46.9 cm³/mol. The molecule has 1 atom stereocenters. The third-order valence-corrected chi connectivity index (χ3v) is 3.79. The lowest BCUT2D eigenvalue weighted by Gasteiger charge is -2.51. The van der Waals surface area contributed by atoms with Gasteiger partial charge in [-0.1, -0.05) is 0 Å². The van der Waals surface area contributed by atoms with Gasteiger partial charge in [0.05, 0.1) is 11.7 Å². The van der Waals surface area contributed by atoms with E-state index in [1.807, 2.05) is 6.07 Å². The van der Waals surface area contributed by atoms with E-state index in [2.05, 4.69) is 0 Å². The Morgan fingerprint density at radius 3 is 2.54 bits per heavy atom. The van der Waals surface area contributed by atoms with Crippen molar-refractivity contribution in [2.45, 2.75) is 43.3 Å². The molecule has 0 spiro atoms. The van der Waals surface area contributed by atoms with Crippen molar-refractivity contribution in [3.8, 4) is 6.07 Å². The summed E-state index contributed by atoms with van der Waals surface area (Å²) in [7, 11) is 1.68. The molecule has 72 valence electrons. The molecule has 3 nitrogen and oxygen atoms in total. The Hall–Kier alpha value is -0.590. The number of ether oxygens (including phenoxy) is 1. The Balaban J connectivity index is 2.26. The molecule has 3 heteroatoms. The molecule has 0 saturated heterocycles. The molecule has 0 amide bonds. The minimum Gasteiger partial charge on any atom is -0.378 e. The Bertz CT molecular complexity index is 250. The van der Waals surface area contributed by atoms with E-state index < -0.39 is 5.60 Å². The number of hydrogen-bond acceptors (Lipinski definition) is 3. The van der Waals surface area contributed by atoms with Crippen LogP contribution in [-0.4, -0.2) is 23.4 Å². The first-order chi connectivity index (χ1) is 6.14. The zero-order chi connectivity index (χ0) is 9.53. The average Bonchev–Trinajstić information content (AvgIpc) is 2.19. The van der Waals surface area contributed by atoms with Crippen LogP contribution in [0.1, 0.15) is 32.1 Å². The van der Waals surface area contributed by atoms with Crippen molar-refractivity contribution < 1.29 is 9.84 Å². The second-order valence-electron chi connectivity index (χ2n) is 4.37. The van der Waals surface area contributed by atoms with Gasteiger partial charge in [-0.2, -0.15) is 5.26 Å². The summed E-state index contributed by atoms with van der Waals surface area (Å²) in [6.07, 6.45) is 4.35. The Morgan fingerprint density at radius 1 is 1.46 bits per heavy atom. The molecule has 13 heavy (non-hydrogen) atoms. The summed E-state index contributed by atoms with van der Waals surface area (Å²) in [4.78, 5) is 0. The summed E-state index contributed by atoms with van der Waals surface area (Å²) in [5.41, 5.74) is -1.33.